The zero-order valence-electron chi connectivity index (χ0n) is 20.0. The molecule has 0 radical (unpaired) electrons. The maximum Gasteiger partial charge on any atom is 0.183 e. The van der Waals surface area contributed by atoms with Crippen LogP contribution in [-0.2, 0) is 9.84 Å². The minimum atomic E-state index is -3.36. The van der Waals surface area contributed by atoms with E-state index in [1.54, 1.807) is 12.3 Å². The zero-order valence-corrected chi connectivity index (χ0v) is 21.6. The number of halogens is 1. The second-order valence-corrected chi connectivity index (χ2v) is 11.9. The summed E-state index contributed by atoms with van der Waals surface area (Å²) in [6, 6.07) is 6.39. The number of nitriles is 1. The first-order valence-corrected chi connectivity index (χ1v) is 14.1. The maximum absolute atomic E-state index is 11.8. The molecule has 2 atom stereocenters. The highest BCUT2D eigenvalue weighted by molar-refractivity contribution is 7.90. The number of aliphatic hydroxyl groups excluding tert-OH is 1. The lowest BCUT2D eigenvalue weighted by atomic mass is 9.80. The van der Waals surface area contributed by atoms with Gasteiger partial charge in [0.25, 0.3) is 0 Å². The third-order valence-electron chi connectivity index (χ3n) is 6.94. The molecule has 2 saturated heterocycles. The van der Waals surface area contributed by atoms with Gasteiger partial charge in [-0.05, 0) is 55.8 Å². The Morgan fingerprint density at radius 1 is 1.31 bits per heavy atom. The molecule has 0 spiro atoms. The standard InChI is InChI=1S/C24H31ClN6O3S/c1-16(20-6-5-19(10-21(20)25)35(2,33)34)28-24-22(11-26)27-12-23(29-24)31-14-18(15-31)17-4-3-7-30(13-17)8-9-32/h5-6,10,12,16-18,32H,3-4,7-9,13-15H2,1-2H3,(H,28,29)/t16-,17?/m1/s1. The van der Waals surface area contributed by atoms with Crippen LogP contribution in [0.15, 0.2) is 29.3 Å². The van der Waals surface area contributed by atoms with Crippen molar-refractivity contribution < 1.29 is 13.5 Å². The second kappa shape index (κ2) is 10.7. The third kappa shape index (κ3) is 5.86. The van der Waals surface area contributed by atoms with Gasteiger partial charge in [-0.1, -0.05) is 17.7 Å². The van der Waals surface area contributed by atoms with E-state index in [0.717, 1.165) is 51.2 Å². The predicted molar refractivity (Wildman–Crippen MR) is 135 cm³/mol. The molecule has 2 aliphatic rings. The molecule has 0 bridgehead atoms. The lowest BCUT2D eigenvalue weighted by molar-refractivity contribution is 0.101. The number of anilines is 2. The molecular weight excluding hydrogens is 488 g/mol. The van der Waals surface area contributed by atoms with Gasteiger partial charge in [0.15, 0.2) is 21.3 Å². The number of nitrogens with zero attached hydrogens (tertiary/aromatic N) is 5. The van der Waals surface area contributed by atoms with E-state index in [1.807, 2.05) is 6.92 Å². The summed E-state index contributed by atoms with van der Waals surface area (Å²) >= 11 is 6.37. The van der Waals surface area contributed by atoms with E-state index in [9.17, 15) is 18.8 Å². The highest BCUT2D eigenvalue weighted by Crippen LogP contribution is 2.34. The van der Waals surface area contributed by atoms with Gasteiger partial charge in [0.2, 0.25) is 0 Å². The molecule has 0 amide bonds. The first kappa shape index (κ1) is 25.6. The molecule has 2 aromatic rings. The van der Waals surface area contributed by atoms with Gasteiger partial charge in [-0.25, -0.2) is 18.4 Å². The number of rotatable bonds is 8. The van der Waals surface area contributed by atoms with E-state index in [-0.39, 0.29) is 23.2 Å². The zero-order chi connectivity index (χ0) is 25.2. The van der Waals surface area contributed by atoms with Crippen LogP contribution in [0.3, 0.4) is 0 Å². The van der Waals surface area contributed by atoms with Crippen molar-refractivity contribution in [2.24, 2.45) is 11.8 Å². The molecule has 3 heterocycles. The number of nitrogens with one attached hydrogen (secondary N) is 1. The van der Waals surface area contributed by atoms with Crippen LogP contribution in [0.4, 0.5) is 11.6 Å². The fraction of sp³-hybridized carbons (Fsp3) is 0.542. The molecule has 1 aromatic heterocycles. The van der Waals surface area contributed by atoms with Crippen molar-refractivity contribution in [2.45, 2.75) is 30.7 Å². The molecule has 4 rings (SSSR count). The van der Waals surface area contributed by atoms with Gasteiger partial charge in [-0.2, -0.15) is 5.26 Å². The summed E-state index contributed by atoms with van der Waals surface area (Å²) in [5, 5.41) is 22.3. The average molecular weight is 519 g/mol. The Kier molecular flexibility index (Phi) is 7.81. The van der Waals surface area contributed by atoms with Crippen molar-refractivity contribution in [3.05, 3.63) is 40.7 Å². The molecule has 35 heavy (non-hydrogen) atoms. The van der Waals surface area contributed by atoms with Gasteiger partial charge in [-0.15, -0.1) is 0 Å². The number of piperidine rings is 1. The van der Waals surface area contributed by atoms with E-state index < -0.39 is 9.84 Å². The quantitative estimate of drug-likeness (QED) is 0.543. The first-order chi connectivity index (χ1) is 16.7. The number of sulfone groups is 1. The van der Waals surface area contributed by atoms with Crippen LogP contribution in [0.25, 0.3) is 0 Å². The Balaban J connectivity index is 1.44. The molecule has 0 saturated carbocycles. The molecule has 9 nitrogen and oxygen atoms in total. The van der Waals surface area contributed by atoms with Crippen molar-refractivity contribution in [3.8, 4) is 6.07 Å². The van der Waals surface area contributed by atoms with E-state index in [2.05, 4.69) is 31.2 Å². The lowest BCUT2D eigenvalue weighted by Crippen LogP contribution is -2.54. The summed E-state index contributed by atoms with van der Waals surface area (Å²) in [7, 11) is -3.36. The number of β-amino-alcohol motifs (C(OH)–C–C–N with tert-alkyl or cyclic N) is 1. The summed E-state index contributed by atoms with van der Waals surface area (Å²) in [5.74, 6) is 2.29. The van der Waals surface area contributed by atoms with Gasteiger partial charge in [0, 0.05) is 37.5 Å². The third-order valence-corrected chi connectivity index (χ3v) is 8.38. The monoisotopic (exact) mass is 518 g/mol. The number of hydrogen-bond donors (Lipinski definition) is 2. The molecule has 188 valence electrons. The summed E-state index contributed by atoms with van der Waals surface area (Å²) < 4.78 is 23.6. The summed E-state index contributed by atoms with van der Waals surface area (Å²) in [6.45, 7) is 6.69. The molecule has 2 N–H and O–H groups in total. The Labute approximate surface area is 211 Å². The molecule has 0 aliphatic carbocycles. The van der Waals surface area contributed by atoms with Gasteiger partial charge in [-0.3, -0.25) is 0 Å². The number of aromatic nitrogens is 2. The smallest absolute Gasteiger partial charge is 0.183 e. The number of hydrogen-bond acceptors (Lipinski definition) is 9. The van der Waals surface area contributed by atoms with Crippen LogP contribution in [0.1, 0.15) is 37.1 Å². The van der Waals surface area contributed by atoms with Gasteiger partial charge in [0.1, 0.15) is 11.9 Å². The first-order valence-electron chi connectivity index (χ1n) is 11.8. The fourth-order valence-electron chi connectivity index (χ4n) is 4.91. The van der Waals surface area contributed by atoms with Crippen LogP contribution in [-0.4, -0.2) is 74.0 Å². The van der Waals surface area contributed by atoms with Gasteiger partial charge in [0.05, 0.1) is 23.7 Å². The predicted octanol–water partition coefficient (Wildman–Crippen LogP) is 2.72. The lowest BCUT2D eigenvalue weighted by Gasteiger charge is -2.47. The normalized spacial score (nSPS) is 20.2. The SMILES string of the molecule is C[C@@H](Nc1nc(N2CC(C3CCCN(CCO)C3)C2)cnc1C#N)c1ccc(S(C)(=O)=O)cc1Cl. The maximum atomic E-state index is 11.8. The molecule has 2 aliphatic heterocycles. The number of benzene rings is 1. The topological polar surface area (TPSA) is 122 Å². The minimum Gasteiger partial charge on any atom is -0.395 e. The van der Waals surface area contributed by atoms with Crippen molar-refractivity contribution in [3.63, 3.8) is 0 Å². The van der Waals surface area contributed by atoms with E-state index in [1.165, 1.54) is 18.6 Å². The van der Waals surface area contributed by atoms with Crippen LogP contribution < -0.4 is 10.2 Å². The highest BCUT2D eigenvalue weighted by atomic mass is 35.5. The fourth-order valence-corrected chi connectivity index (χ4v) is 5.96. The van der Waals surface area contributed by atoms with Crippen molar-refractivity contribution >= 4 is 33.1 Å². The Morgan fingerprint density at radius 3 is 2.74 bits per heavy atom. The highest BCUT2D eigenvalue weighted by Gasteiger charge is 2.36. The van der Waals surface area contributed by atoms with Crippen molar-refractivity contribution in [2.75, 3.05) is 55.8 Å². The Bertz CT molecular complexity index is 1210. The molecule has 2 fully saturated rings. The molecule has 1 aromatic carbocycles. The minimum absolute atomic E-state index is 0.155. The second-order valence-electron chi connectivity index (χ2n) is 9.45. The Morgan fingerprint density at radius 2 is 2.09 bits per heavy atom. The van der Waals surface area contributed by atoms with Gasteiger partial charge >= 0.3 is 0 Å². The molecular formula is C24H31ClN6O3S. The summed E-state index contributed by atoms with van der Waals surface area (Å²) in [6.07, 6.45) is 5.15. The van der Waals surface area contributed by atoms with Gasteiger partial charge < -0.3 is 20.2 Å². The summed E-state index contributed by atoms with van der Waals surface area (Å²) in [4.78, 5) is 13.7. The van der Waals surface area contributed by atoms with Crippen LogP contribution in [0.2, 0.25) is 5.02 Å². The largest absolute Gasteiger partial charge is 0.395 e. The van der Waals surface area contributed by atoms with Crippen molar-refractivity contribution in [1.29, 1.82) is 5.26 Å². The Hall–Kier alpha value is -2.45. The molecule has 11 heteroatoms. The van der Waals surface area contributed by atoms with Crippen molar-refractivity contribution in [1.82, 2.24) is 14.9 Å². The van der Waals surface area contributed by atoms with Crippen LogP contribution >= 0.6 is 11.6 Å². The number of likely N-dealkylation sites (tertiary alicyclic amines) is 1. The number of aliphatic hydroxyl groups is 1. The summed E-state index contributed by atoms with van der Waals surface area (Å²) in [5.41, 5.74) is 0.886. The molecule has 1 unspecified atom stereocenters. The van der Waals surface area contributed by atoms with Crippen LogP contribution in [0, 0.1) is 23.2 Å². The average Bonchev–Trinajstić information content (AvgIpc) is 2.78. The van der Waals surface area contributed by atoms with E-state index in [4.69, 9.17) is 11.6 Å². The van der Waals surface area contributed by atoms with E-state index >= 15 is 0 Å². The van der Waals surface area contributed by atoms with Crippen LogP contribution in [0.5, 0.6) is 0 Å². The van der Waals surface area contributed by atoms with E-state index in [0.29, 0.717) is 28.2 Å².